The van der Waals surface area contributed by atoms with Crippen molar-refractivity contribution in [2.24, 2.45) is 0 Å². The largest absolute Gasteiger partial charge is 0.494 e. The number of carbonyl (C=O) groups is 5. The SMILES string of the molecule is C#Cc1ccccc1C#Cc1ccc(NC(=O)c2cc(OC(=O)c3ccc(OCCCCCCOC(=O)C=C)cc3)ccc2OC(=O)c2ccc(OCCCCCCOC(=O)C=C)cc2)cc1.c1cc2ccc1-2. The first-order valence-electron chi connectivity index (χ1n) is 23.8. The average Bonchev–Trinajstić information content (AvgIpc) is 3.41. The Balaban J connectivity index is 0.00000133. The number of carbonyl (C=O) groups excluding carboxylic acids is 5. The fraction of sp³-hybridized carbons (Fsp3) is 0.197. The summed E-state index contributed by atoms with van der Waals surface area (Å²) >= 11 is 0. The fourth-order valence-corrected chi connectivity index (χ4v) is 6.85. The minimum absolute atomic E-state index is 0.0324. The maximum atomic E-state index is 13.9. The number of ether oxygens (including phenoxy) is 6. The number of hydrogen-bond donors (Lipinski definition) is 1. The Labute approximate surface area is 425 Å². The lowest BCUT2D eigenvalue weighted by molar-refractivity contribution is -0.138. The molecule has 1 amide bonds. The van der Waals surface area contributed by atoms with Crippen LogP contribution < -0.4 is 24.3 Å². The number of amides is 1. The van der Waals surface area contributed by atoms with E-state index in [2.05, 4.69) is 60.5 Å². The fourth-order valence-electron chi connectivity index (χ4n) is 6.85. The van der Waals surface area contributed by atoms with Gasteiger partial charge in [0.2, 0.25) is 0 Å². The van der Waals surface area contributed by atoms with E-state index in [9.17, 15) is 24.0 Å². The molecule has 5 aromatic carbocycles. The van der Waals surface area contributed by atoms with Gasteiger partial charge in [-0.1, -0.05) is 67.3 Å². The molecule has 0 heterocycles. The van der Waals surface area contributed by atoms with Crippen molar-refractivity contribution < 1.29 is 52.4 Å². The number of fused-ring (bicyclic) bond motifs is 1. The Morgan fingerprint density at radius 1 is 0.507 bits per heavy atom. The topological polar surface area (TPSA) is 153 Å². The lowest BCUT2D eigenvalue weighted by atomic mass is 9.95. The zero-order chi connectivity index (χ0) is 51.6. The first-order valence-corrected chi connectivity index (χ1v) is 23.8. The van der Waals surface area contributed by atoms with Gasteiger partial charge in [0.25, 0.3) is 5.91 Å². The molecule has 0 unspecified atom stereocenters. The molecule has 370 valence electrons. The molecule has 0 spiro atoms. The summed E-state index contributed by atoms with van der Waals surface area (Å²) in [6.45, 7) is 8.38. The van der Waals surface area contributed by atoms with E-state index in [0.29, 0.717) is 60.3 Å². The summed E-state index contributed by atoms with van der Waals surface area (Å²) in [6.07, 6.45) is 14.5. The van der Waals surface area contributed by atoms with Gasteiger partial charge in [-0.3, -0.25) is 4.79 Å². The van der Waals surface area contributed by atoms with Gasteiger partial charge < -0.3 is 33.7 Å². The summed E-state index contributed by atoms with van der Waals surface area (Å²) in [5, 5.41) is 2.82. The van der Waals surface area contributed by atoms with Crippen LogP contribution in [0, 0.1) is 24.2 Å². The predicted molar refractivity (Wildman–Crippen MR) is 280 cm³/mol. The van der Waals surface area contributed by atoms with Crippen LogP contribution in [0.15, 0.2) is 165 Å². The molecule has 0 fully saturated rings. The van der Waals surface area contributed by atoms with Crippen molar-refractivity contribution in [3.63, 3.8) is 0 Å². The van der Waals surface area contributed by atoms with Gasteiger partial charge in [0, 0.05) is 34.5 Å². The summed E-state index contributed by atoms with van der Waals surface area (Å²) in [6, 6.07) is 39.7. The van der Waals surface area contributed by atoms with Crippen molar-refractivity contribution in [3.05, 3.63) is 198 Å². The van der Waals surface area contributed by atoms with E-state index in [1.54, 1.807) is 72.8 Å². The molecular formula is C61H55NO11. The van der Waals surface area contributed by atoms with Gasteiger partial charge in [-0.15, -0.1) is 6.42 Å². The smallest absolute Gasteiger partial charge is 0.343 e. The molecule has 2 aliphatic carbocycles. The third kappa shape index (κ3) is 17.4. The number of terminal acetylenes is 1. The van der Waals surface area contributed by atoms with Gasteiger partial charge in [-0.05, 0) is 166 Å². The first kappa shape index (κ1) is 53.2. The summed E-state index contributed by atoms with van der Waals surface area (Å²) < 4.78 is 33.0. The zero-order valence-electron chi connectivity index (χ0n) is 40.4. The van der Waals surface area contributed by atoms with E-state index in [-0.39, 0.29) is 28.2 Å². The zero-order valence-corrected chi connectivity index (χ0v) is 40.4. The lowest BCUT2D eigenvalue weighted by Gasteiger charge is -2.13. The summed E-state index contributed by atoms with van der Waals surface area (Å²) in [4.78, 5) is 62.9. The molecule has 0 atom stereocenters. The summed E-state index contributed by atoms with van der Waals surface area (Å²) in [5.74, 6) is 6.96. The predicted octanol–water partition coefficient (Wildman–Crippen LogP) is 11.8. The van der Waals surface area contributed by atoms with Gasteiger partial charge in [0.15, 0.2) is 0 Å². The van der Waals surface area contributed by atoms with E-state index < -0.39 is 29.8 Å². The number of nitrogens with one attached hydrogen (secondary N) is 1. The van der Waals surface area contributed by atoms with Gasteiger partial charge >= 0.3 is 23.9 Å². The Morgan fingerprint density at radius 2 is 0.986 bits per heavy atom. The van der Waals surface area contributed by atoms with Crippen molar-refractivity contribution in [2.75, 3.05) is 31.7 Å². The molecule has 73 heavy (non-hydrogen) atoms. The standard InChI is InChI=1S/C55H51NO11.C6H4/c1-4-41-17-11-12-18-42(41)22-19-40-20-27-45(28-21-40)56-53(59)49-39-48(66-54(60)43-23-29-46(30-24-43)62-35-13-7-9-15-37-64-51(57)5-2)33-34-50(49)67-55(61)44-25-31-47(32-26-44)63-36-14-8-10-16-38-65-52(58)6-3;1-2-6-4-3-5(1)6/h1,5-6,11-12,17-18,20-21,23-34,39H,2-3,7-10,13-16,35-38H2,(H,56,59);1-4H. The molecule has 0 radical (unpaired) electrons. The van der Waals surface area contributed by atoms with Crippen LogP contribution in [0.1, 0.15) is 99.1 Å². The lowest BCUT2D eigenvalue weighted by Crippen LogP contribution is -2.17. The number of anilines is 1. The Morgan fingerprint density at radius 3 is 1.47 bits per heavy atom. The van der Waals surface area contributed by atoms with E-state index in [0.717, 1.165) is 63.5 Å². The van der Waals surface area contributed by atoms with Crippen LogP contribution >= 0.6 is 0 Å². The maximum Gasteiger partial charge on any atom is 0.343 e. The highest BCUT2D eigenvalue weighted by atomic mass is 16.5. The molecule has 0 aromatic heterocycles. The molecule has 1 N–H and O–H groups in total. The van der Waals surface area contributed by atoms with Crippen molar-refractivity contribution in [3.8, 4) is 58.3 Å². The van der Waals surface area contributed by atoms with Crippen molar-refractivity contribution in [1.82, 2.24) is 0 Å². The van der Waals surface area contributed by atoms with E-state index in [1.807, 2.05) is 24.3 Å². The molecule has 12 heteroatoms. The Kier molecular flexibility index (Phi) is 20.8. The maximum absolute atomic E-state index is 13.9. The summed E-state index contributed by atoms with van der Waals surface area (Å²) in [5.41, 5.74) is 5.73. The second kappa shape index (κ2) is 28.5. The van der Waals surface area contributed by atoms with Crippen LogP contribution in [0.5, 0.6) is 23.0 Å². The molecule has 12 nitrogen and oxygen atoms in total. The minimum atomic E-state index is -0.731. The van der Waals surface area contributed by atoms with Crippen molar-refractivity contribution in [1.29, 1.82) is 0 Å². The Bertz CT molecular complexity index is 2940. The monoisotopic (exact) mass is 977 g/mol. The number of unbranched alkanes of at least 4 members (excludes halogenated alkanes) is 6. The van der Waals surface area contributed by atoms with E-state index >= 15 is 0 Å². The molecule has 0 saturated heterocycles. The van der Waals surface area contributed by atoms with Crippen molar-refractivity contribution >= 4 is 35.5 Å². The molecule has 0 bridgehead atoms. The van der Waals surface area contributed by atoms with Crippen LogP contribution in [-0.2, 0) is 19.1 Å². The number of rotatable bonds is 24. The highest BCUT2D eigenvalue weighted by molar-refractivity contribution is 6.07. The average molecular weight is 978 g/mol. The van der Waals surface area contributed by atoms with Crippen LogP contribution in [0.2, 0.25) is 0 Å². The number of benzene rings is 6. The molecule has 5 aromatic rings. The van der Waals surface area contributed by atoms with Crippen LogP contribution in [-0.4, -0.2) is 56.2 Å². The molecule has 7 rings (SSSR count). The minimum Gasteiger partial charge on any atom is -0.494 e. The molecule has 2 aliphatic rings. The van der Waals surface area contributed by atoms with Gasteiger partial charge in [0.1, 0.15) is 23.0 Å². The highest BCUT2D eigenvalue weighted by Crippen LogP contribution is 2.30. The highest BCUT2D eigenvalue weighted by Gasteiger charge is 2.20. The molecular weight excluding hydrogens is 923 g/mol. The van der Waals surface area contributed by atoms with Gasteiger partial charge in [-0.25, -0.2) is 19.2 Å². The second-order valence-corrected chi connectivity index (χ2v) is 16.3. The Hall–Kier alpha value is -9.13. The van der Waals surface area contributed by atoms with Crippen LogP contribution in [0.25, 0.3) is 11.1 Å². The third-order valence-corrected chi connectivity index (χ3v) is 11.0. The van der Waals surface area contributed by atoms with Gasteiger partial charge in [-0.2, -0.15) is 0 Å². The van der Waals surface area contributed by atoms with Gasteiger partial charge in [0.05, 0.1) is 43.1 Å². The second-order valence-electron chi connectivity index (χ2n) is 16.3. The third-order valence-electron chi connectivity index (χ3n) is 11.0. The van der Waals surface area contributed by atoms with E-state index in [4.69, 9.17) is 34.8 Å². The van der Waals surface area contributed by atoms with Crippen LogP contribution in [0.4, 0.5) is 5.69 Å². The first-order chi connectivity index (χ1) is 35.6. The van der Waals surface area contributed by atoms with Crippen molar-refractivity contribution in [2.45, 2.75) is 51.4 Å². The molecule has 0 aliphatic heterocycles. The quantitative estimate of drug-likeness (QED) is 0.0202. The van der Waals surface area contributed by atoms with E-state index in [1.165, 1.54) is 29.3 Å². The normalized spacial score (nSPS) is 10.3. The molecule has 0 saturated carbocycles. The number of hydrogen-bond acceptors (Lipinski definition) is 11. The van der Waals surface area contributed by atoms with Crippen LogP contribution in [0.3, 0.4) is 0 Å². The number of esters is 4. The summed E-state index contributed by atoms with van der Waals surface area (Å²) in [7, 11) is 0.